The summed E-state index contributed by atoms with van der Waals surface area (Å²) in [4.78, 5) is 0. The molecule has 1 fully saturated rings. The number of fused-ring (bicyclic) bond motifs is 3. The zero-order valence-corrected chi connectivity index (χ0v) is 10.00. The van der Waals surface area contributed by atoms with Crippen LogP contribution in [0.4, 0.5) is 0 Å². The second-order valence-electron chi connectivity index (χ2n) is 5.74. The molecule has 0 saturated heterocycles. The van der Waals surface area contributed by atoms with Crippen molar-refractivity contribution in [2.24, 2.45) is 5.92 Å². The Bertz CT molecular complexity index is 410. The fourth-order valence-electron chi connectivity index (χ4n) is 3.87. The summed E-state index contributed by atoms with van der Waals surface area (Å²) in [6.07, 6.45) is 7.97. The molecule has 0 amide bonds. The molecule has 0 heterocycles. The van der Waals surface area contributed by atoms with E-state index < -0.39 is 0 Å². The smallest absolute Gasteiger partial charge is 0.115 e. The Morgan fingerprint density at radius 3 is 3.00 bits per heavy atom. The molecule has 1 saturated carbocycles. The van der Waals surface area contributed by atoms with Gasteiger partial charge >= 0.3 is 0 Å². The lowest BCUT2D eigenvalue weighted by Gasteiger charge is -2.46. The fraction of sp³-hybridized carbons (Fsp3) is 0.600. The van der Waals surface area contributed by atoms with E-state index in [-0.39, 0.29) is 0 Å². The number of phenolic OH excluding ortho intramolecular Hbond substituents is 1. The summed E-state index contributed by atoms with van der Waals surface area (Å²) < 4.78 is 0. The highest BCUT2D eigenvalue weighted by atomic mass is 16.3. The lowest BCUT2D eigenvalue weighted by molar-refractivity contribution is 0.177. The maximum absolute atomic E-state index is 9.69. The van der Waals surface area contributed by atoms with E-state index in [4.69, 9.17) is 0 Å². The van der Waals surface area contributed by atoms with Crippen LogP contribution in [0.2, 0.25) is 0 Å². The molecular formula is C15H20O. The van der Waals surface area contributed by atoms with Crippen LogP contribution in [-0.2, 0) is 11.8 Å². The van der Waals surface area contributed by atoms with E-state index in [2.05, 4.69) is 13.0 Å². The van der Waals surface area contributed by atoms with Crippen molar-refractivity contribution in [2.45, 2.75) is 50.9 Å². The van der Waals surface area contributed by atoms with Crippen molar-refractivity contribution in [2.75, 3.05) is 0 Å². The van der Waals surface area contributed by atoms with Gasteiger partial charge in [-0.3, -0.25) is 0 Å². The van der Waals surface area contributed by atoms with Crippen molar-refractivity contribution in [1.29, 1.82) is 0 Å². The van der Waals surface area contributed by atoms with Gasteiger partial charge in [0.2, 0.25) is 0 Å². The minimum Gasteiger partial charge on any atom is -0.508 e. The Labute approximate surface area is 97.5 Å². The minimum absolute atomic E-state index is 0.338. The fourth-order valence-corrected chi connectivity index (χ4v) is 3.87. The van der Waals surface area contributed by atoms with Crippen LogP contribution in [0.1, 0.15) is 50.2 Å². The number of aryl methyl sites for hydroxylation is 1. The first kappa shape index (κ1) is 10.2. The van der Waals surface area contributed by atoms with Crippen LogP contribution in [0.25, 0.3) is 0 Å². The molecule has 0 bridgehead atoms. The molecule has 0 aliphatic heterocycles. The summed E-state index contributed by atoms with van der Waals surface area (Å²) >= 11 is 0. The van der Waals surface area contributed by atoms with E-state index in [1.165, 1.54) is 49.7 Å². The Morgan fingerprint density at radius 1 is 1.25 bits per heavy atom. The second-order valence-corrected chi connectivity index (χ2v) is 5.74. The van der Waals surface area contributed by atoms with E-state index >= 15 is 0 Å². The van der Waals surface area contributed by atoms with E-state index in [1.807, 2.05) is 12.1 Å². The largest absolute Gasteiger partial charge is 0.508 e. The Balaban J connectivity index is 2.11. The van der Waals surface area contributed by atoms with Crippen LogP contribution in [0, 0.1) is 5.92 Å². The standard InChI is InChI=1S/C15H20O/c1-15-9-3-2-4-12(15)7-5-11-6-8-13(16)10-14(11)15/h6,8,10,12,16H,2-5,7,9H2,1H3/t12-,15+/m1/s1. The normalized spacial score (nSPS) is 32.9. The molecule has 2 atom stereocenters. The highest BCUT2D eigenvalue weighted by Crippen LogP contribution is 2.50. The molecule has 0 unspecified atom stereocenters. The van der Waals surface area contributed by atoms with E-state index in [0.717, 1.165) is 5.92 Å². The zero-order chi connectivity index (χ0) is 11.2. The van der Waals surface area contributed by atoms with Crippen molar-refractivity contribution in [3.8, 4) is 5.75 Å². The number of phenols is 1. The first-order chi connectivity index (χ1) is 7.70. The SMILES string of the molecule is C[C@]12CCCC[C@@H]1CCc1ccc(O)cc12. The van der Waals surface area contributed by atoms with E-state index in [1.54, 1.807) is 0 Å². The third-order valence-electron chi connectivity index (χ3n) is 4.87. The van der Waals surface area contributed by atoms with Crippen molar-refractivity contribution in [3.05, 3.63) is 29.3 Å². The maximum Gasteiger partial charge on any atom is 0.115 e. The third-order valence-corrected chi connectivity index (χ3v) is 4.87. The Morgan fingerprint density at radius 2 is 2.12 bits per heavy atom. The molecule has 1 N–H and O–H groups in total. The van der Waals surface area contributed by atoms with Crippen LogP contribution in [-0.4, -0.2) is 5.11 Å². The minimum atomic E-state index is 0.338. The quantitative estimate of drug-likeness (QED) is 0.699. The molecule has 0 radical (unpaired) electrons. The molecule has 1 aromatic rings. The highest BCUT2D eigenvalue weighted by molar-refractivity contribution is 5.42. The second kappa shape index (κ2) is 3.51. The number of benzene rings is 1. The lowest BCUT2D eigenvalue weighted by Crippen LogP contribution is -2.39. The molecule has 0 aromatic heterocycles. The van der Waals surface area contributed by atoms with Gasteiger partial charge in [0.1, 0.15) is 5.75 Å². The monoisotopic (exact) mass is 216 g/mol. The van der Waals surface area contributed by atoms with Crippen LogP contribution in [0.3, 0.4) is 0 Å². The molecule has 2 aliphatic carbocycles. The predicted octanol–water partition coefficient (Wildman–Crippen LogP) is 3.79. The summed E-state index contributed by atoms with van der Waals surface area (Å²) in [5.74, 6) is 1.28. The first-order valence-electron chi connectivity index (χ1n) is 6.52. The molecule has 1 heteroatoms. The van der Waals surface area contributed by atoms with Gasteiger partial charge in [-0.05, 0) is 60.3 Å². The Kier molecular flexibility index (Phi) is 2.24. The van der Waals surface area contributed by atoms with Crippen molar-refractivity contribution < 1.29 is 5.11 Å². The number of hydrogen-bond donors (Lipinski definition) is 1. The molecule has 2 aliphatic rings. The van der Waals surface area contributed by atoms with Crippen LogP contribution in [0.5, 0.6) is 5.75 Å². The van der Waals surface area contributed by atoms with Crippen LogP contribution >= 0.6 is 0 Å². The first-order valence-corrected chi connectivity index (χ1v) is 6.52. The van der Waals surface area contributed by atoms with Crippen molar-refractivity contribution in [3.63, 3.8) is 0 Å². The van der Waals surface area contributed by atoms with Crippen molar-refractivity contribution >= 4 is 0 Å². The van der Waals surface area contributed by atoms with Gasteiger partial charge in [-0.15, -0.1) is 0 Å². The molecule has 3 rings (SSSR count). The number of rotatable bonds is 0. The number of hydrogen-bond acceptors (Lipinski definition) is 1. The van der Waals surface area contributed by atoms with Gasteiger partial charge in [0, 0.05) is 0 Å². The van der Waals surface area contributed by atoms with E-state index in [9.17, 15) is 5.11 Å². The van der Waals surface area contributed by atoms with Gasteiger partial charge in [0.15, 0.2) is 0 Å². The van der Waals surface area contributed by atoms with Gasteiger partial charge in [0.25, 0.3) is 0 Å². The lowest BCUT2D eigenvalue weighted by atomic mass is 9.58. The van der Waals surface area contributed by atoms with Gasteiger partial charge in [0.05, 0.1) is 0 Å². The average molecular weight is 216 g/mol. The highest BCUT2D eigenvalue weighted by Gasteiger charge is 2.41. The summed E-state index contributed by atoms with van der Waals surface area (Å²) in [7, 11) is 0. The molecule has 86 valence electrons. The summed E-state index contributed by atoms with van der Waals surface area (Å²) in [5.41, 5.74) is 3.24. The van der Waals surface area contributed by atoms with Gasteiger partial charge < -0.3 is 5.11 Å². The summed E-state index contributed by atoms with van der Waals surface area (Å²) in [6, 6.07) is 5.99. The molecule has 1 aromatic carbocycles. The molecule has 1 nitrogen and oxygen atoms in total. The summed E-state index contributed by atoms with van der Waals surface area (Å²) in [6.45, 7) is 2.41. The molecular weight excluding hydrogens is 196 g/mol. The maximum atomic E-state index is 9.69. The van der Waals surface area contributed by atoms with Gasteiger partial charge in [-0.25, -0.2) is 0 Å². The third kappa shape index (κ3) is 1.37. The Hall–Kier alpha value is -0.980. The van der Waals surface area contributed by atoms with E-state index in [0.29, 0.717) is 11.2 Å². The average Bonchev–Trinajstić information content (AvgIpc) is 2.29. The zero-order valence-electron chi connectivity index (χ0n) is 10.00. The predicted molar refractivity (Wildman–Crippen MR) is 65.7 cm³/mol. The van der Waals surface area contributed by atoms with Crippen LogP contribution in [0.15, 0.2) is 18.2 Å². The van der Waals surface area contributed by atoms with Gasteiger partial charge in [-0.1, -0.05) is 25.8 Å². The van der Waals surface area contributed by atoms with Crippen LogP contribution < -0.4 is 0 Å². The topological polar surface area (TPSA) is 20.2 Å². The molecule has 0 spiro atoms. The number of aromatic hydroxyl groups is 1. The van der Waals surface area contributed by atoms with Gasteiger partial charge in [-0.2, -0.15) is 0 Å². The van der Waals surface area contributed by atoms with Crippen molar-refractivity contribution in [1.82, 2.24) is 0 Å². The summed E-state index contributed by atoms with van der Waals surface area (Å²) in [5, 5.41) is 9.69. The molecule has 16 heavy (non-hydrogen) atoms.